The maximum atomic E-state index is 11.6. The van der Waals surface area contributed by atoms with Crippen LogP contribution >= 0.6 is 0 Å². The molecule has 1 atom stereocenters. The summed E-state index contributed by atoms with van der Waals surface area (Å²) in [6.07, 6.45) is -0.0669. The second-order valence-electron chi connectivity index (χ2n) is 4.92. The highest BCUT2D eigenvalue weighted by Crippen LogP contribution is 2.30. The summed E-state index contributed by atoms with van der Waals surface area (Å²) in [6.45, 7) is 4.81. The molecule has 124 valence electrons. The van der Waals surface area contributed by atoms with Crippen molar-refractivity contribution >= 4 is 11.8 Å². The van der Waals surface area contributed by atoms with Crippen molar-refractivity contribution in [3.63, 3.8) is 0 Å². The van der Waals surface area contributed by atoms with Gasteiger partial charge in [0.1, 0.15) is 5.75 Å². The maximum absolute atomic E-state index is 11.6. The van der Waals surface area contributed by atoms with Gasteiger partial charge in [-0.1, -0.05) is 5.16 Å². The van der Waals surface area contributed by atoms with Crippen LogP contribution in [0.25, 0.3) is 11.3 Å². The molecular formula is C16H20N2O5. The molecule has 1 aromatic heterocycles. The third kappa shape index (κ3) is 4.01. The molecule has 0 amide bonds. The van der Waals surface area contributed by atoms with Gasteiger partial charge in [-0.15, -0.1) is 0 Å². The second kappa shape index (κ2) is 7.64. The van der Waals surface area contributed by atoms with Crippen molar-refractivity contribution in [1.82, 2.24) is 5.16 Å². The van der Waals surface area contributed by atoms with Gasteiger partial charge in [-0.3, -0.25) is 0 Å². The summed E-state index contributed by atoms with van der Waals surface area (Å²) in [5.74, 6) is -0.0424. The Morgan fingerprint density at radius 2 is 2.09 bits per heavy atom. The first-order valence-electron chi connectivity index (χ1n) is 7.29. The summed E-state index contributed by atoms with van der Waals surface area (Å²) in [6, 6.07) is 6.90. The van der Waals surface area contributed by atoms with E-state index in [0.29, 0.717) is 24.5 Å². The molecule has 0 aliphatic heterocycles. The minimum absolute atomic E-state index is 0.00105. The van der Waals surface area contributed by atoms with Gasteiger partial charge in [0.05, 0.1) is 13.2 Å². The molecule has 0 radical (unpaired) electrons. The molecule has 1 aromatic carbocycles. The van der Waals surface area contributed by atoms with Gasteiger partial charge in [0.25, 0.3) is 0 Å². The van der Waals surface area contributed by atoms with E-state index in [4.69, 9.17) is 14.0 Å². The van der Waals surface area contributed by atoms with Gasteiger partial charge in [0, 0.05) is 18.7 Å². The predicted molar refractivity (Wildman–Crippen MR) is 85.0 cm³/mol. The van der Waals surface area contributed by atoms with E-state index in [0.717, 1.165) is 0 Å². The number of rotatable bonds is 8. The first-order chi connectivity index (χ1) is 11.1. The first-order valence-corrected chi connectivity index (χ1v) is 7.29. The van der Waals surface area contributed by atoms with E-state index in [2.05, 4.69) is 10.5 Å². The second-order valence-corrected chi connectivity index (χ2v) is 4.92. The molecule has 0 aliphatic rings. The van der Waals surface area contributed by atoms with E-state index in [-0.39, 0.29) is 23.2 Å². The fraction of sp³-hybridized carbons (Fsp3) is 0.375. The molecular weight excluding hydrogens is 300 g/mol. The number of benzene rings is 1. The SMILES string of the molecule is CCOC(C)CNc1noc(-c2ccc(OC)cc2)c1C(=O)O. The van der Waals surface area contributed by atoms with Crippen molar-refractivity contribution in [2.45, 2.75) is 20.0 Å². The van der Waals surface area contributed by atoms with Crippen LogP contribution in [-0.4, -0.2) is 42.6 Å². The van der Waals surface area contributed by atoms with Crippen molar-refractivity contribution < 1.29 is 23.9 Å². The quantitative estimate of drug-likeness (QED) is 0.772. The zero-order valence-corrected chi connectivity index (χ0v) is 13.3. The topological polar surface area (TPSA) is 93.8 Å². The van der Waals surface area contributed by atoms with Crippen LogP contribution in [-0.2, 0) is 4.74 Å². The number of hydrogen-bond donors (Lipinski definition) is 2. The number of nitrogens with zero attached hydrogens (tertiary/aromatic N) is 1. The van der Waals surface area contributed by atoms with Gasteiger partial charge >= 0.3 is 5.97 Å². The smallest absolute Gasteiger partial charge is 0.343 e. The Labute approximate surface area is 134 Å². The lowest BCUT2D eigenvalue weighted by atomic mass is 10.1. The molecule has 0 saturated carbocycles. The number of anilines is 1. The Morgan fingerprint density at radius 3 is 2.65 bits per heavy atom. The van der Waals surface area contributed by atoms with E-state index >= 15 is 0 Å². The van der Waals surface area contributed by atoms with Crippen molar-refractivity contribution in [2.75, 3.05) is 25.6 Å². The Balaban J connectivity index is 2.25. The molecule has 0 aliphatic carbocycles. The van der Waals surface area contributed by atoms with E-state index in [9.17, 15) is 9.90 Å². The van der Waals surface area contributed by atoms with Crippen LogP contribution in [0.2, 0.25) is 0 Å². The first kappa shape index (κ1) is 16.8. The molecule has 1 heterocycles. The minimum atomic E-state index is -1.11. The highest BCUT2D eigenvalue weighted by atomic mass is 16.5. The maximum Gasteiger partial charge on any atom is 0.343 e. The number of methoxy groups -OCH3 is 1. The largest absolute Gasteiger partial charge is 0.497 e. The van der Waals surface area contributed by atoms with Gasteiger partial charge in [0.15, 0.2) is 17.1 Å². The number of aromatic carboxylic acids is 1. The molecule has 0 bridgehead atoms. The molecule has 7 heteroatoms. The lowest BCUT2D eigenvalue weighted by molar-refractivity contribution is 0.0697. The van der Waals surface area contributed by atoms with Crippen LogP contribution in [0.15, 0.2) is 28.8 Å². The molecule has 7 nitrogen and oxygen atoms in total. The molecule has 2 aromatic rings. The van der Waals surface area contributed by atoms with Crippen molar-refractivity contribution in [3.05, 3.63) is 29.8 Å². The molecule has 0 saturated heterocycles. The Morgan fingerprint density at radius 1 is 1.39 bits per heavy atom. The monoisotopic (exact) mass is 320 g/mol. The third-order valence-corrected chi connectivity index (χ3v) is 3.27. The number of aromatic nitrogens is 1. The number of hydrogen-bond acceptors (Lipinski definition) is 6. The summed E-state index contributed by atoms with van der Waals surface area (Å²) in [7, 11) is 1.56. The average Bonchev–Trinajstić information content (AvgIpc) is 2.97. The zero-order chi connectivity index (χ0) is 16.8. The van der Waals surface area contributed by atoms with Gasteiger partial charge in [0.2, 0.25) is 0 Å². The van der Waals surface area contributed by atoms with Gasteiger partial charge < -0.3 is 24.4 Å². The summed E-state index contributed by atoms with van der Waals surface area (Å²) >= 11 is 0. The molecule has 1 unspecified atom stereocenters. The number of carboxylic acid groups (broad SMARTS) is 1. The van der Waals surface area contributed by atoms with Crippen LogP contribution < -0.4 is 10.1 Å². The van der Waals surface area contributed by atoms with E-state index < -0.39 is 5.97 Å². The Bertz CT molecular complexity index is 651. The summed E-state index contributed by atoms with van der Waals surface area (Å²) in [4.78, 5) is 11.6. The summed E-state index contributed by atoms with van der Waals surface area (Å²) in [5, 5.41) is 16.3. The molecule has 0 spiro atoms. The predicted octanol–water partition coefficient (Wildman–Crippen LogP) is 2.89. The van der Waals surface area contributed by atoms with Gasteiger partial charge in [-0.05, 0) is 38.1 Å². The number of carbonyl (C=O) groups is 1. The molecule has 2 rings (SSSR count). The van der Waals surface area contributed by atoms with Crippen LogP contribution in [0.5, 0.6) is 5.75 Å². The standard InChI is InChI=1S/C16H20N2O5/c1-4-22-10(2)9-17-15-13(16(19)20)14(23-18-15)11-5-7-12(21-3)8-6-11/h5-8,10H,4,9H2,1-3H3,(H,17,18)(H,19,20). The van der Waals surface area contributed by atoms with Crippen LogP contribution in [0.1, 0.15) is 24.2 Å². The average molecular weight is 320 g/mol. The normalized spacial score (nSPS) is 12.0. The van der Waals surface area contributed by atoms with Crippen LogP contribution in [0.4, 0.5) is 5.82 Å². The Kier molecular flexibility index (Phi) is 5.59. The lowest BCUT2D eigenvalue weighted by Gasteiger charge is -2.11. The van der Waals surface area contributed by atoms with E-state index in [1.807, 2.05) is 13.8 Å². The summed E-state index contributed by atoms with van der Waals surface area (Å²) in [5.41, 5.74) is 0.612. The Hall–Kier alpha value is -2.54. The van der Waals surface area contributed by atoms with Crippen molar-refractivity contribution in [3.8, 4) is 17.1 Å². The molecule has 2 N–H and O–H groups in total. The zero-order valence-electron chi connectivity index (χ0n) is 13.3. The van der Waals surface area contributed by atoms with Crippen LogP contribution in [0.3, 0.4) is 0 Å². The van der Waals surface area contributed by atoms with Crippen LogP contribution in [0, 0.1) is 0 Å². The highest BCUT2D eigenvalue weighted by molar-refractivity contribution is 5.99. The number of ether oxygens (including phenoxy) is 2. The fourth-order valence-electron chi connectivity index (χ4n) is 2.13. The minimum Gasteiger partial charge on any atom is -0.497 e. The summed E-state index contributed by atoms with van der Waals surface area (Å²) < 4.78 is 15.7. The number of nitrogens with one attached hydrogen (secondary N) is 1. The third-order valence-electron chi connectivity index (χ3n) is 3.27. The van der Waals surface area contributed by atoms with E-state index in [1.165, 1.54) is 0 Å². The lowest BCUT2D eigenvalue weighted by Crippen LogP contribution is -2.20. The highest BCUT2D eigenvalue weighted by Gasteiger charge is 2.24. The van der Waals surface area contributed by atoms with Gasteiger partial charge in [-0.2, -0.15) is 0 Å². The van der Waals surface area contributed by atoms with Crippen molar-refractivity contribution in [1.29, 1.82) is 0 Å². The van der Waals surface area contributed by atoms with Crippen molar-refractivity contribution in [2.24, 2.45) is 0 Å². The molecule has 23 heavy (non-hydrogen) atoms. The fourth-order valence-corrected chi connectivity index (χ4v) is 2.13. The van der Waals surface area contributed by atoms with Gasteiger partial charge in [-0.25, -0.2) is 4.79 Å². The van der Waals surface area contributed by atoms with E-state index in [1.54, 1.807) is 31.4 Å². The number of carboxylic acids is 1. The molecule has 0 fully saturated rings.